The number of carbonyl (C=O) groups is 2. The van der Waals surface area contributed by atoms with Crippen LogP contribution in [0.2, 0.25) is 0 Å². The number of hydrogen-bond donors (Lipinski definition) is 2. The van der Waals surface area contributed by atoms with Crippen molar-refractivity contribution in [2.75, 3.05) is 45.9 Å². The molecule has 0 atom stereocenters. The molecule has 0 radical (unpaired) electrons. The quantitative estimate of drug-likeness (QED) is 0.595. The second-order valence-corrected chi connectivity index (χ2v) is 4.20. The molecule has 6 heteroatoms. The van der Waals surface area contributed by atoms with Crippen molar-refractivity contribution in [1.29, 1.82) is 0 Å². The normalized spacial score (nSPS) is 15.5. The fraction of sp³-hybridized carbons (Fsp3) is 0.833. The molecule has 2 amide bonds. The van der Waals surface area contributed by atoms with E-state index in [4.69, 9.17) is 4.74 Å². The summed E-state index contributed by atoms with van der Waals surface area (Å²) in [5.74, 6) is -0.0188. The molecule has 18 heavy (non-hydrogen) atoms. The van der Waals surface area contributed by atoms with E-state index in [1.54, 1.807) is 4.90 Å². The van der Waals surface area contributed by atoms with Crippen molar-refractivity contribution in [3.63, 3.8) is 0 Å². The summed E-state index contributed by atoms with van der Waals surface area (Å²) in [5, 5.41) is 5.90. The zero-order valence-corrected chi connectivity index (χ0v) is 11.0. The maximum atomic E-state index is 11.8. The minimum atomic E-state index is -0.0606. The van der Waals surface area contributed by atoms with Crippen molar-refractivity contribution in [3.8, 4) is 0 Å². The van der Waals surface area contributed by atoms with E-state index in [1.165, 1.54) is 0 Å². The first-order valence-corrected chi connectivity index (χ1v) is 6.57. The molecular weight excluding hydrogens is 234 g/mol. The number of hydrogen-bond acceptors (Lipinski definition) is 4. The van der Waals surface area contributed by atoms with Gasteiger partial charge in [0, 0.05) is 39.0 Å². The molecule has 0 unspecified atom stereocenters. The average molecular weight is 257 g/mol. The van der Waals surface area contributed by atoms with E-state index in [9.17, 15) is 9.59 Å². The molecule has 0 aromatic carbocycles. The van der Waals surface area contributed by atoms with E-state index in [0.717, 1.165) is 13.1 Å². The molecule has 6 nitrogen and oxygen atoms in total. The van der Waals surface area contributed by atoms with Gasteiger partial charge in [0.05, 0.1) is 13.2 Å². The van der Waals surface area contributed by atoms with Crippen LogP contribution in [0.25, 0.3) is 0 Å². The van der Waals surface area contributed by atoms with Crippen LogP contribution < -0.4 is 10.6 Å². The summed E-state index contributed by atoms with van der Waals surface area (Å²) in [4.78, 5) is 25.0. The van der Waals surface area contributed by atoms with Crippen molar-refractivity contribution in [3.05, 3.63) is 0 Å². The molecule has 104 valence electrons. The molecule has 0 saturated carbocycles. The second-order valence-electron chi connectivity index (χ2n) is 4.20. The van der Waals surface area contributed by atoms with Gasteiger partial charge in [-0.3, -0.25) is 9.59 Å². The number of carbonyl (C=O) groups excluding carboxylic acids is 2. The topological polar surface area (TPSA) is 70.7 Å². The first-order valence-electron chi connectivity index (χ1n) is 6.57. The minimum Gasteiger partial charge on any atom is -0.378 e. The summed E-state index contributed by atoms with van der Waals surface area (Å²) in [6.07, 6.45) is 0.551. The van der Waals surface area contributed by atoms with Gasteiger partial charge in [-0.1, -0.05) is 6.92 Å². The van der Waals surface area contributed by atoms with Crippen LogP contribution in [-0.4, -0.2) is 62.7 Å². The molecule has 0 aromatic rings. The fourth-order valence-corrected chi connectivity index (χ4v) is 1.75. The van der Waals surface area contributed by atoms with Crippen LogP contribution in [0.4, 0.5) is 0 Å². The van der Waals surface area contributed by atoms with Crippen molar-refractivity contribution in [2.45, 2.75) is 19.8 Å². The molecule has 1 aliphatic heterocycles. The standard InChI is InChI=1S/C12H23N3O3/c1-2-13-5-6-14-11(16)3-4-12(17)15-7-9-18-10-8-15/h13H,2-10H2,1H3,(H,14,16). The fourth-order valence-electron chi connectivity index (χ4n) is 1.75. The summed E-state index contributed by atoms with van der Waals surface area (Å²) in [6.45, 7) is 6.76. The van der Waals surface area contributed by atoms with Crippen LogP contribution in [0.15, 0.2) is 0 Å². The Morgan fingerprint density at radius 2 is 1.89 bits per heavy atom. The van der Waals surface area contributed by atoms with Crippen molar-refractivity contribution in [1.82, 2.24) is 15.5 Å². The number of ether oxygens (including phenoxy) is 1. The molecular formula is C12H23N3O3. The molecule has 1 aliphatic rings. The lowest BCUT2D eigenvalue weighted by molar-refractivity contribution is -0.137. The zero-order chi connectivity index (χ0) is 13.2. The van der Waals surface area contributed by atoms with Gasteiger partial charge in [0.15, 0.2) is 0 Å². The second kappa shape index (κ2) is 8.88. The molecule has 2 N–H and O–H groups in total. The number of nitrogens with zero attached hydrogens (tertiary/aromatic N) is 1. The van der Waals surface area contributed by atoms with Crippen LogP contribution >= 0.6 is 0 Å². The number of nitrogens with one attached hydrogen (secondary N) is 2. The Hall–Kier alpha value is -1.14. The zero-order valence-electron chi connectivity index (χ0n) is 11.0. The first-order chi connectivity index (χ1) is 8.74. The molecule has 0 spiro atoms. The van der Waals surface area contributed by atoms with E-state index in [1.807, 2.05) is 6.92 Å². The van der Waals surface area contributed by atoms with Crippen molar-refractivity contribution < 1.29 is 14.3 Å². The van der Waals surface area contributed by atoms with Crippen LogP contribution in [0.3, 0.4) is 0 Å². The predicted molar refractivity (Wildman–Crippen MR) is 68.2 cm³/mol. The molecule has 0 aliphatic carbocycles. The van der Waals surface area contributed by atoms with E-state index in [0.29, 0.717) is 32.8 Å². The lowest BCUT2D eigenvalue weighted by Gasteiger charge is -2.26. The van der Waals surface area contributed by atoms with Crippen LogP contribution in [0.5, 0.6) is 0 Å². The Labute approximate surface area is 108 Å². The minimum absolute atomic E-state index is 0.0418. The Kier molecular flexibility index (Phi) is 7.36. The molecule has 1 saturated heterocycles. The van der Waals surface area contributed by atoms with Gasteiger partial charge in [0.25, 0.3) is 0 Å². The van der Waals surface area contributed by atoms with E-state index in [2.05, 4.69) is 10.6 Å². The van der Waals surface area contributed by atoms with Crippen LogP contribution in [0.1, 0.15) is 19.8 Å². The third-order valence-corrected chi connectivity index (χ3v) is 2.80. The summed E-state index contributed by atoms with van der Waals surface area (Å²) < 4.78 is 5.17. The van der Waals surface area contributed by atoms with Gasteiger partial charge in [-0.05, 0) is 6.54 Å². The third kappa shape index (κ3) is 5.97. The Bertz CT molecular complexity index is 265. The molecule has 1 heterocycles. The summed E-state index contributed by atoms with van der Waals surface area (Å²) >= 11 is 0. The third-order valence-electron chi connectivity index (χ3n) is 2.80. The van der Waals surface area contributed by atoms with E-state index < -0.39 is 0 Å². The lowest BCUT2D eigenvalue weighted by Crippen LogP contribution is -2.41. The van der Waals surface area contributed by atoms with Crippen molar-refractivity contribution in [2.24, 2.45) is 0 Å². The monoisotopic (exact) mass is 257 g/mol. The van der Waals surface area contributed by atoms with E-state index in [-0.39, 0.29) is 24.7 Å². The van der Waals surface area contributed by atoms with Gasteiger partial charge >= 0.3 is 0 Å². The van der Waals surface area contributed by atoms with Gasteiger partial charge in [-0.25, -0.2) is 0 Å². The first kappa shape index (κ1) is 14.9. The number of likely N-dealkylation sites (N-methyl/N-ethyl adjacent to an activating group) is 1. The van der Waals surface area contributed by atoms with Crippen molar-refractivity contribution >= 4 is 11.8 Å². The SMILES string of the molecule is CCNCCNC(=O)CCC(=O)N1CCOCC1. The highest BCUT2D eigenvalue weighted by Gasteiger charge is 2.17. The predicted octanol–water partition coefficient (Wildman–Crippen LogP) is -0.649. The Morgan fingerprint density at radius 1 is 1.17 bits per heavy atom. The van der Waals surface area contributed by atoms with Gasteiger partial charge < -0.3 is 20.3 Å². The van der Waals surface area contributed by atoms with Crippen LogP contribution in [0, 0.1) is 0 Å². The smallest absolute Gasteiger partial charge is 0.223 e. The summed E-state index contributed by atoms with van der Waals surface area (Å²) in [5.41, 5.74) is 0. The molecule has 0 aromatic heterocycles. The Balaban J connectivity index is 2.07. The largest absolute Gasteiger partial charge is 0.378 e. The summed E-state index contributed by atoms with van der Waals surface area (Å²) in [7, 11) is 0. The van der Waals surface area contributed by atoms with Gasteiger partial charge in [0.2, 0.25) is 11.8 Å². The molecule has 1 fully saturated rings. The average Bonchev–Trinajstić information content (AvgIpc) is 2.42. The van der Waals surface area contributed by atoms with Gasteiger partial charge in [-0.2, -0.15) is 0 Å². The summed E-state index contributed by atoms with van der Waals surface area (Å²) in [6, 6.07) is 0. The molecule has 1 rings (SSSR count). The van der Waals surface area contributed by atoms with Crippen LogP contribution in [-0.2, 0) is 14.3 Å². The number of amides is 2. The van der Waals surface area contributed by atoms with Gasteiger partial charge in [-0.15, -0.1) is 0 Å². The number of rotatable bonds is 7. The van der Waals surface area contributed by atoms with Gasteiger partial charge in [0.1, 0.15) is 0 Å². The molecule has 0 bridgehead atoms. The maximum Gasteiger partial charge on any atom is 0.223 e. The highest BCUT2D eigenvalue weighted by Crippen LogP contribution is 2.02. The number of morpholine rings is 1. The highest BCUT2D eigenvalue weighted by molar-refractivity contribution is 5.83. The lowest BCUT2D eigenvalue weighted by atomic mass is 10.2. The Morgan fingerprint density at radius 3 is 2.56 bits per heavy atom. The van der Waals surface area contributed by atoms with E-state index >= 15 is 0 Å². The maximum absolute atomic E-state index is 11.8. The highest BCUT2D eigenvalue weighted by atomic mass is 16.5.